The number of piperazine rings is 1. The topological polar surface area (TPSA) is 75.5 Å². The molecule has 0 unspecified atom stereocenters. The average Bonchev–Trinajstić information content (AvgIpc) is 3.45. The van der Waals surface area contributed by atoms with Crippen LogP contribution in [0.1, 0.15) is 23.3 Å². The second-order valence-corrected chi connectivity index (χ2v) is 9.19. The van der Waals surface area contributed by atoms with Gasteiger partial charge in [0.2, 0.25) is 10.0 Å². The molecule has 1 aromatic carbocycles. The van der Waals surface area contributed by atoms with Crippen molar-refractivity contribution >= 4 is 15.9 Å². The molecule has 144 valence electrons. The van der Waals surface area contributed by atoms with E-state index in [0.29, 0.717) is 37.6 Å². The number of sulfonamides is 1. The SMILES string of the molecule is Cn1nc(-c2ccc(F)cc2)cc1C(=O)N1CCN(S(=O)(=O)C2CC2)CC1. The molecule has 2 fully saturated rings. The minimum absolute atomic E-state index is 0.179. The molecule has 2 aliphatic rings. The number of rotatable bonds is 4. The Morgan fingerprint density at radius 1 is 1.11 bits per heavy atom. The van der Waals surface area contributed by atoms with Gasteiger partial charge in [0.15, 0.2) is 0 Å². The van der Waals surface area contributed by atoms with Crippen molar-refractivity contribution in [1.29, 1.82) is 0 Å². The molecule has 0 spiro atoms. The fourth-order valence-electron chi connectivity index (χ4n) is 3.31. The Morgan fingerprint density at radius 3 is 2.33 bits per heavy atom. The Hall–Kier alpha value is -2.26. The van der Waals surface area contributed by atoms with Gasteiger partial charge in [0, 0.05) is 38.8 Å². The van der Waals surface area contributed by atoms with E-state index in [1.54, 1.807) is 30.1 Å². The summed E-state index contributed by atoms with van der Waals surface area (Å²) in [6, 6.07) is 7.62. The number of aromatic nitrogens is 2. The van der Waals surface area contributed by atoms with Gasteiger partial charge < -0.3 is 4.90 Å². The highest BCUT2D eigenvalue weighted by Gasteiger charge is 2.41. The predicted molar refractivity (Wildman–Crippen MR) is 98.0 cm³/mol. The van der Waals surface area contributed by atoms with Crippen LogP contribution in [-0.2, 0) is 17.1 Å². The van der Waals surface area contributed by atoms with E-state index in [0.717, 1.165) is 18.4 Å². The molecule has 7 nitrogen and oxygen atoms in total. The highest BCUT2D eigenvalue weighted by Crippen LogP contribution is 2.31. The van der Waals surface area contributed by atoms with E-state index in [-0.39, 0.29) is 17.0 Å². The fraction of sp³-hybridized carbons (Fsp3) is 0.444. The number of halogens is 1. The van der Waals surface area contributed by atoms with Gasteiger partial charge in [-0.1, -0.05) is 0 Å². The predicted octanol–water partition coefficient (Wildman–Crippen LogP) is 1.48. The summed E-state index contributed by atoms with van der Waals surface area (Å²) >= 11 is 0. The van der Waals surface area contributed by atoms with Gasteiger partial charge in [-0.3, -0.25) is 9.48 Å². The molecule has 0 radical (unpaired) electrons. The molecular weight excluding hydrogens is 371 g/mol. The zero-order valence-electron chi connectivity index (χ0n) is 15.0. The summed E-state index contributed by atoms with van der Waals surface area (Å²) in [5.41, 5.74) is 1.75. The van der Waals surface area contributed by atoms with E-state index in [9.17, 15) is 17.6 Å². The molecule has 27 heavy (non-hydrogen) atoms. The van der Waals surface area contributed by atoms with Gasteiger partial charge in [0.1, 0.15) is 11.5 Å². The van der Waals surface area contributed by atoms with E-state index in [1.807, 2.05) is 0 Å². The van der Waals surface area contributed by atoms with E-state index in [2.05, 4.69) is 5.10 Å². The summed E-state index contributed by atoms with van der Waals surface area (Å²) in [5.74, 6) is -0.508. The van der Waals surface area contributed by atoms with Crippen molar-refractivity contribution in [2.75, 3.05) is 26.2 Å². The molecule has 4 rings (SSSR count). The van der Waals surface area contributed by atoms with Crippen molar-refractivity contribution < 1.29 is 17.6 Å². The molecule has 0 bridgehead atoms. The van der Waals surface area contributed by atoms with Gasteiger partial charge in [-0.2, -0.15) is 9.40 Å². The highest BCUT2D eigenvalue weighted by molar-refractivity contribution is 7.90. The van der Waals surface area contributed by atoms with E-state index in [1.165, 1.54) is 21.1 Å². The van der Waals surface area contributed by atoms with E-state index in [4.69, 9.17) is 0 Å². The number of carbonyl (C=O) groups excluding carboxylic acids is 1. The number of benzene rings is 1. The summed E-state index contributed by atoms with van der Waals surface area (Å²) in [7, 11) is -1.51. The summed E-state index contributed by atoms with van der Waals surface area (Å²) < 4.78 is 40.7. The van der Waals surface area contributed by atoms with Gasteiger partial charge >= 0.3 is 0 Å². The zero-order valence-corrected chi connectivity index (χ0v) is 15.8. The first-order valence-electron chi connectivity index (χ1n) is 8.94. The number of nitrogens with zero attached hydrogens (tertiary/aromatic N) is 4. The Kier molecular flexibility index (Phi) is 4.51. The van der Waals surface area contributed by atoms with Gasteiger partial charge in [0.05, 0.1) is 10.9 Å². The normalized spacial score (nSPS) is 18.7. The molecule has 0 atom stereocenters. The van der Waals surface area contributed by atoms with Crippen molar-refractivity contribution in [2.24, 2.45) is 7.05 Å². The van der Waals surface area contributed by atoms with Crippen molar-refractivity contribution in [3.8, 4) is 11.3 Å². The first-order valence-corrected chi connectivity index (χ1v) is 10.4. The van der Waals surface area contributed by atoms with Crippen LogP contribution in [0.2, 0.25) is 0 Å². The molecular formula is C18H21FN4O3S. The molecule has 1 aliphatic carbocycles. The number of amides is 1. The maximum Gasteiger partial charge on any atom is 0.272 e. The van der Waals surface area contributed by atoms with Crippen LogP contribution >= 0.6 is 0 Å². The van der Waals surface area contributed by atoms with Crippen LogP contribution in [0, 0.1) is 5.82 Å². The lowest BCUT2D eigenvalue weighted by molar-refractivity contribution is 0.0686. The Bertz CT molecular complexity index is 959. The van der Waals surface area contributed by atoms with Crippen LogP contribution in [0.25, 0.3) is 11.3 Å². The molecule has 9 heteroatoms. The summed E-state index contributed by atoms with van der Waals surface area (Å²) in [5, 5.41) is 4.13. The molecule has 1 aromatic heterocycles. The smallest absolute Gasteiger partial charge is 0.272 e. The van der Waals surface area contributed by atoms with Crippen molar-refractivity contribution in [1.82, 2.24) is 19.0 Å². The van der Waals surface area contributed by atoms with E-state index < -0.39 is 10.0 Å². The second kappa shape index (κ2) is 6.72. The largest absolute Gasteiger partial charge is 0.335 e. The minimum atomic E-state index is -3.20. The maximum absolute atomic E-state index is 13.1. The van der Waals surface area contributed by atoms with E-state index >= 15 is 0 Å². The van der Waals surface area contributed by atoms with Gasteiger partial charge in [-0.25, -0.2) is 12.8 Å². The Morgan fingerprint density at radius 2 is 1.74 bits per heavy atom. The monoisotopic (exact) mass is 392 g/mol. The molecule has 2 aromatic rings. The van der Waals surface area contributed by atoms with Gasteiger partial charge in [-0.15, -0.1) is 0 Å². The number of hydrogen-bond donors (Lipinski definition) is 0. The van der Waals surface area contributed by atoms with Crippen molar-refractivity contribution in [3.05, 3.63) is 41.8 Å². The third-order valence-electron chi connectivity index (χ3n) is 5.07. The molecule has 1 amide bonds. The maximum atomic E-state index is 13.1. The standard InChI is InChI=1S/C18H21FN4O3S/c1-21-17(12-16(20-21)13-2-4-14(19)5-3-13)18(24)22-8-10-23(11-9-22)27(25,26)15-6-7-15/h2-5,12,15H,6-11H2,1H3. The lowest BCUT2D eigenvalue weighted by Crippen LogP contribution is -2.51. The lowest BCUT2D eigenvalue weighted by Gasteiger charge is -2.34. The van der Waals surface area contributed by atoms with Crippen LogP contribution < -0.4 is 0 Å². The molecule has 2 heterocycles. The van der Waals surface area contributed by atoms with Crippen LogP contribution in [0.5, 0.6) is 0 Å². The third kappa shape index (κ3) is 3.49. The van der Waals surface area contributed by atoms with Crippen LogP contribution in [-0.4, -0.2) is 64.7 Å². The van der Waals surface area contributed by atoms with Gasteiger partial charge in [0.25, 0.3) is 5.91 Å². The fourth-order valence-corrected chi connectivity index (χ4v) is 5.14. The molecule has 1 saturated heterocycles. The van der Waals surface area contributed by atoms with Gasteiger partial charge in [-0.05, 0) is 43.2 Å². The summed E-state index contributed by atoms with van der Waals surface area (Å²) in [4.78, 5) is 14.5. The third-order valence-corrected chi connectivity index (χ3v) is 7.47. The first kappa shape index (κ1) is 18.1. The van der Waals surface area contributed by atoms with Crippen LogP contribution in [0.3, 0.4) is 0 Å². The second-order valence-electron chi connectivity index (χ2n) is 6.98. The zero-order chi connectivity index (χ0) is 19.2. The minimum Gasteiger partial charge on any atom is -0.335 e. The Balaban J connectivity index is 1.47. The number of aryl methyl sites for hydroxylation is 1. The quantitative estimate of drug-likeness (QED) is 0.790. The highest BCUT2D eigenvalue weighted by atomic mass is 32.2. The first-order chi connectivity index (χ1) is 12.9. The number of hydrogen-bond acceptors (Lipinski definition) is 4. The van der Waals surface area contributed by atoms with Crippen LogP contribution in [0.15, 0.2) is 30.3 Å². The Labute approximate surface area is 157 Å². The number of carbonyl (C=O) groups is 1. The van der Waals surface area contributed by atoms with Crippen LogP contribution in [0.4, 0.5) is 4.39 Å². The molecule has 1 saturated carbocycles. The lowest BCUT2D eigenvalue weighted by atomic mass is 10.1. The summed E-state index contributed by atoms with van der Waals surface area (Å²) in [6.07, 6.45) is 1.48. The average molecular weight is 392 g/mol. The summed E-state index contributed by atoms with van der Waals surface area (Å²) in [6.45, 7) is 1.38. The molecule has 1 aliphatic heterocycles. The van der Waals surface area contributed by atoms with Crippen molar-refractivity contribution in [2.45, 2.75) is 18.1 Å². The molecule has 0 N–H and O–H groups in total. The van der Waals surface area contributed by atoms with Crippen molar-refractivity contribution in [3.63, 3.8) is 0 Å².